The molecule has 0 aromatic carbocycles. The van der Waals surface area contributed by atoms with E-state index in [9.17, 15) is 0 Å². The number of ether oxygens (including phenoxy) is 1. The van der Waals surface area contributed by atoms with Gasteiger partial charge in [-0.05, 0) is 19.0 Å². The predicted octanol–water partition coefficient (Wildman–Crippen LogP) is 0.283. The van der Waals surface area contributed by atoms with Gasteiger partial charge >= 0.3 is 6.01 Å². The number of hydrogen-bond donors (Lipinski definition) is 1. The molecule has 0 radical (unpaired) electrons. The Bertz CT molecular complexity index is 323. The van der Waals surface area contributed by atoms with Crippen LogP contribution < -0.4 is 15.0 Å². The monoisotopic (exact) mass is 208 g/mol. The van der Waals surface area contributed by atoms with Crippen molar-refractivity contribution in [3.05, 3.63) is 12.3 Å². The molecule has 2 rings (SSSR count). The van der Waals surface area contributed by atoms with Gasteiger partial charge in [-0.15, -0.1) is 0 Å². The maximum absolute atomic E-state index is 5.65. The van der Waals surface area contributed by atoms with E-state index in [0.717, 1.165) is 25.3 Å². The molecule has 0 bridgehead atoms. The smallest absolute Gasteiger partial charge is 0.318 e. The van der Waals surface area contributed by atoms with E-state index in [-0.39, 0.29) is 6.10 Å². The topological polar surface area (TPSA) is 50.3 Å². The van der Waals surface area contributed by atoms with Crippen molar-refractivity contribution in [1.29, 1.82) is 0 Å². The second-order valence-corrected chi connectivity index (χ2v) is 3.82. The molecular weight excluding hydrogens is 192 g/mol. The first-order valence-corrected chi connectivity index (χ1v) is 5.13. The maximum Gasteiger partial charge on any atom is 0.318 e. The van der Waals surface area contributed by atoms with Gasteiger partial charge in [0.15, 0.2) is 0 Å². The van der Waals surface area contributed by atoms with Crippen LogP contribution in [-0.4, -0.2) is 43.3 Å². The Kier molecular flexibility index (Phi) is 3.01. The maximum atomic E-state index is 5.65. The molecule has 15 heavy (non-hydrogen) atoms. The van der Waals surface area contributed by atoms with E-state index in [2.05, 4.69) is 15.3 Å². The predicted molar refractivity (Wildman–Crippen MR) is 58.3 cm³/mol. The van der Waals surface area contributed by atoms with E-state index in [4.69, 9.17) is 4.74 Å². The molecule has 2 heterocycles. The molecule has 0 aliphatic carbocycles. The van der Waals surface area contributed by atoms with Crippen molar-refractivity contribution in [3.63, 3.8) is 0 Å². The Morgan fingerprint density at radius 1 is 1.53 bits per heavy atom. The zero-order valence-corrected chi connectivity index (χ0v) is 9.10. The first-order valence-electron chi connectivity index (χ1n) is 5.13. The molecule has 5 nitrogen and oxygen atoms in total. The second kappa shape index (κ2) is 4.44. The van der Waals surface area contributed by atoms with Gasteiger partial charge in [0, 0.05) is 26.8 Å². The van der Waals surface area contributed by atoms with Gasteiger partial charge < -0.3 is 15.0 Å². The third-order valence-corrected chi connectivity index (χ3v) is 2.36. The summed E-state index contributed by atoms with van der Waals surface area (Å²) in [6.07, 6.45) is 2.96. The average Bonchev–Trinajstić information content (AvgIpc) is 2.71. The van der Waals surface area contributed by atoms with Crippen LogP contribution in [0.3, 0.4) is 0 Å². The van der Waals surface area contributed by atoms with Crippen molar-refractivity contribution in [2.24, 2.45) is 0 Å². The van der Waals surface area contributed by atoms with Crippen LogP contribution in [0, 0.1) is 0 Å². The zero-order chi connectivity index (χ0) is 10.7. The largest absolute Gasteiger partial charge is 0.459 e. The summed E-state index contributed by atoms with van der Waals surface area (Å²) in [5.41, 5.74) is 0. The van der Waals surface area contributed by atoms with Crippen LogP contribution in [0.1, 0.15) is 6.42 Å². The minimum absolute atomic E-state index is 0.211. The van der Waals surface area contributed by atoms with Crippen LogP contribution in [0.25, 0.3) is 0 Å². The van der Waals surface area contributed by atoms with Crippen molar-refractivity contribution in [3.8, 4) is 6.01 Å². The van der Waals surface area contributed by atoms with E-state index in [1.807, 2.05) is 25.1 Å². The van der Waals surface area contributed by atoms with Gasteiger partial charge in [-0.1, -0.05) is 0 Å². The molecule has 82 valence electrons. The molecule has 1 N–H and O–H groups in total. The van der Waals surface area contributed by atoms with Crippen LogP contribution in [0.2, 0.25) is 0 Å². The van der Waals surface area contributed by atoms with Crippen molar-refractivity contribution in [1.82, 2.24) is 15.3 Å². The van der Waals surface area contributed by atoms with Gasteiger partial charge in [-0.3, -0.25) is 0 Å². The number of nitrogens with zero attached hydrogens (tertiary/aromatic N) is 3. The Hall–Kier alpha value is -1.36. The summed E-state index contributed by atoms with van der Waals surface area (Å²) >= 11 is 0. The fourth-order valence-electron chi connectivity index (χ4n) is 1.52. The molecule has 1 aromatic heterocycles. The van der Waals surface area contributed by atoms with E-state index < -0.39 is 0 Å². The van der Waals surface area contributed by atoms with E-state index >= 15 is 0 Å². The number of anilines is 1. The molecule has 1 aliphatic heterocycles. The fourth-order valence-corrected chi connectivity index (χ4v) is 1.52. The van der Waals surface area contributed by atoms with Crippen molar-refractivity contribution < 1.29 is 4.74 Å². The Labute approximate surface area is 89.5 Å². The summed E-state index contributed by atoms with van der Waals surface area (Å²) in [6.45, 7) is 1.90. The minimum atomic E-state index is 0.211. The molecule has 5 heteroatoms. The van der Waals surface area contributed by atoms with Crippen LogP contribution in [0.4, 0.5) is 5.82 Å². The van der Waals surface area contributed by atoms with Gasteiger partial charge in [0.25, 0.3) is 0 Å². The van der Waals surface area contributed by atoms with Gasteiger partial charge in [-0.25, -0.2) is 4.98 Å². The highest BCUT2D eigenvalue weighted by molar-refractivity contribution is 5.35. The molecule has 1 unspecified atom stereocenters. The molecule has 1 saturated heterocycles. The molecule has 0 spiro atoms. The molecular formula is C10H16N4O. The van der Waals surface area contributed by atoms with E-state index in [0.29, 0.717) is 6.01 Å². The summed E-state index contributed by atoms with van der Waals surface area (Å²) in [7, 11) is 3.90. The standard InChI is InChI=1S/C10H16N4O/c1-14(2)9-4-6-12-10(13-9)15-8-3-5-11-7-8/h4,6,8,11H,3,5,7H2,1-2H3. The molecule has 0 amide bonds. The van der Waals surface area contributed by atoms with Gasteiger partial charge in [0.1, 0.15) is 11.9 Å². The van der Waals surface area contributed by atoms with Gasteiger partial charge in [-0.2, -0.15) is 4.98 Å². The highest BCUT2D eigenvalue weighted by Crippen LogP contribution is 2.13. The average molecular weight is 208 g/mol. The summed E-state index contributed by atoms with van der Waals surface area (Å²) in [5.74, 6) is 0.867. The quantitative estimate of drug-likeness (QED) is 0.773. The molecule has 1 aliphatic rings. The third-order valence-electron chi connectivity index (χ3n) is 2.36. The van der Waals surface area contributed by atoms with Crippen LogP contribution in [-0.2, 0) is 0 Å². The Morgan fingerprint density at radius 3 is 3.07 bits per heavy atom. The summed E-state index contributed by atoms with van der Waals surface area (Å²) in [5, 5.41) is 3.24. The highest BCUT2D eigenvalue weighted by atomic mass is 16.5. The number of nitrogens with one attached hydrogen (secondary N) is 1. The molecule has 1 atom stereocenters. The first-order chi connectivity index (χ1) is 7.25. The summed E-state index contributed by atoms with van der Waals surface area (Å²) in [6, 6.07) is 2.33. The lowest BCUT2D eigenvalue weighted by Gasteiger charge is -2.14. The van der Waals surface area contributed by atoms with Gasteiger partial charge in [0.05, 0.1) is 0 Å². The SMILES string of the molecule is CN(C)c1ccnc(OC2CCNC2)n1. The van der Waals surface area contributed by atoms with Crippen LogP contribution in [0.5, 0.6) is 6.01 Å². The zero-order valence-electron chi connectivity index (χ0n) is 9.10. The third kappa shape index (κ3) is 2.56. The van der Waals surface area contributed by atoms with Crippen molar-refractivity contribution in [2.75, 3.05) is 32.1 Å². The molecule has 1 aromatic rings. The van der Waals surface area contributed by atoms with Crippen molar-refractivity contribution in [2.45, 2.75) is 12.5 Å². The fraction of sp³-hybridized carbons (Fsp3) is 0.600. The summed E-state index contributed by atoms with van der Waals surface area (Å²) in [4.78, 5) is 10.3. The summed E-state index contributed by atoms with van der Waals surface area (Å²) < 4.78 is 5.65. The Balaban J connectivity index is 2.04. The lowest BCUT2D eigenvalue weighted by atomic mass is 10.3. The van der Waals surface area contributed by atoms with Crippen molar-refractivity contribution >= 4 is 5.82 Å². The number of hydrogen-bond acceptors (Lipinski definition) is 5. The molecule has 0 saturated carbocycles. The van der Waals surface area contributed by atoms with Crippen LogP contribution in [0.15, 0.2) is 12.3 Å². The molecule has 1 fully saturated rings. The lowest BCUT2D eigenvalue weighted by Crippen LogP contribution is -2.21. The minimum Gasteiger partial charge on any atom is -0.459 e. The number of aromatic nitrogens is 2. The lowest BCUT2D eigenvalue weighted by molar-refractivity contribution is 0.204. The van der Waals surface area contributed by atoms with E-state index in [1.165, 1.54) is 0 Å². The Morgan fingerprint density at radius 2 is 2.40 bits per heavy atom. The normalized spacial score (nSPS) is 20.3. The number of rotatable bonds is 3. The highest BCUT2D eigenvalue weighted by Gasteiger charge is 2.17. The first kappa shape index (κ1) is 10.2. The van der Waals surface area contributed by atoms with E-state index in [1.54, 1.807) is 6.20 Å². The van der Waals surface area contributed by atoms with Crippen LogP contribution >= 0.6 is 0 Å². The second-order valence-electron chi connectivity index (χ2n) is 3.82. The van der Waals surface area contributed by atoms with Gasteiger partial charge in [0.2, 0.25) is 0 Å².